The third-order valence-corrected chi connectivity index (χ3v) is 4.99. The second-order valence-electron chi connectivity index (χ2n) is 4.93. The number of nitrogens with zero attached hydrogens (tertiary/aromatic N) is 1. The second-order valence-corrected chi connectivity index (χ2v) is 6.64. The minimum Gasteiger partial charge on any atom is -0.326 e. The van der Waals surface area contributed by atoms with Gasteiger partial charge in [-0.3, -0.25) is 10.1 Å². The molecule has 2 rings (SSSR count). The number of rotatable bonds is 4. The summed E-state index contributed by atoms with van der Waals surface area (Å²) in [4.78, 5) is 9.99. The molecule has 7 nitrogen and oxygen atoms in total. The Morgan fingerprint density at radius 3 is 2.35 bits per heavy atom. The number of benzene rings is 1. The Bertz CT molecular complexity index is 585. The molecule has 1 aromatic carbocycles. The lowest BCUT2D eigenvalue weighted by molar-refractivity contribution is -0.384. The average Bonchev–Trinajstić information content (AvgIpc) is 2.41. The maximum atomic E-state index is 12.2. The van der Waals surface area contributed by atoms with Gasteiger partial charge in [0.2, 0.25) is 10.0 Å². The quantitative estimate of drug-likeness (QED) is 0.639. The van der Waals surface area contributed by atoms with Crippen molar-refractivity contribution in [3.63, 3.8) is 0 Å². The largest absolute Gasteiger partial charge is 0.326 e. The Kier molecular flexibility index (Phi) is 4.36. The maximum Gasteiger partial charge on any atom is 0.269 e. The molecule has 8 heteroatoms. The van der Waals surface area contributed by atoms with E-state index >= 15 is 0 Å². The summed E-state index contributed by atoms with van der Waals surface area (Å²) in [6.45, 7) is 0. The third-order valence-electron chi connectivity index (χ3n) is 3.48. The van der Waals surface area contributed by atoms with Crippen molar-refractivity contribution in [2.45, 2.75) is 42.7 Å². The van der Waals surface area contributed by atoms with Crippen molar-refractivity contribution in [2.75, 3.05) is 0 Å². The van der Waals surface area contributed by atoms with Crippen LogP contribution in [0.25, 0.3) is 0 Å². The Morgan fingerprint density at radius 2 is 1.80 bits per heavy atom. The highest BCUT2D eigenvalue weighted by molar-refractivity contribution is 7.89. The van der Waals surface area contributed by atoms with E-state index in [0.717, 1.165) is 19.3 Å². The fourth-order valence-electron chi connectivity index (χ4n) is 2.32. The van der Waals surface area contributed by atoms with Crippen molar-refractivity contribution in [3.8, 4) is 0 Å². The number of hydrogen-bond donors (Lipinski definition) is 2. The summed E-state index contributed by atoms with van der Waals surface area (Å²) in [7, 11) is -3.69. The molecule has 2 atom stereocenters. The third kappa shape index (κ3) is 3.33. The van der Waals surface area contributed by atoms with E-state index < -0.39 is 14.9 Å². The Balaban J connectivity index is 2.15. The molecule has 1 fully saturated rings. The fourth-order valence-corrected chi connectivity index (χ4v) is 3.64. The molecular weight excluding hydrogens is 282 g/mol. The topological polar surface area (TPSA) is 115 Å². The van der Waals surface area contributed by atoms with Gasteiger partial charge in [-0.25, -0.2) is 13.1 Å². The number of nitro groups is 1. The molecule has 0 unspecified atom stereocenters. The summed E-state index contributed by atoms with van der Waals surface area (Å²) in [5.74, 6) is 0. The molecular formula is C12H17N3O4S. The highest BCUT2D eigenvalue weighted by atomic mass is 32.2. The van der Waals surface area contributed by atoms with E-state index in [-0.39, 0.29) is 22.7 Å². The van der Waals surface area contributed by atoms with E-state index in [4.69, 9.17) is 5.73 Å². The number of hydrogen-bond acceptors (Lipinski definition) is 5. The molecule has 1 aliphatic carbocycles. The Labute approximate surface area is 117 Å². The van der Waals surface area contributed by atoms with Crippen LogP contribution in [0.15, 0.2) is 29.2 Å². The van der Waals surface area contributed by atoms with Crippen molar-refractivity contribution in [2.24, 2.45) is 5.73 Å². The zero-order valence-electron chi connectivity index (χ0n) is 10.9. The predicted molar refractivity (Wildman–Crippen MR) is 73.6 cm³/mol. The molecule has 0 saturated heterocycles. The maximum absolute atomic E-state index is 12.2. The van der Waals surface area contributed by atoms with Gasteiger partial charge in [0.1, 0.15) is 0 Å². The summed E-state index contributed by atoms with van der Waals surface area (Å²) in [6.07, 6.45) is 3.47. The Hall–Kier alpha value is -1.51. The highest BCUT2D eigenvalue weighted by Gasteiger charge is 2.27. The van der Waals surface area contributed by atoms with Crippen LogP contribution in [0, 0.1) is 10.1 Å². The lowest BCUT2D eigenvalue weighted by Gasteiger charge is -2.28. The van der Waals surface area contributed by atoms with Gasteiger partial charge < -0.3 is 5.73 Å². The molecule has 0 amide bonds. The van der Waals surface area contributed by atoms with E-state index in [1.54, 1.807) is 0 Å². The van der Waals surface area contributed by atoms with Crippen molar-refractivity contribution < 1.29 is 13.3 Å². The first kappa shape index (κ1) is 14.9. The first-order valence-corrected chi connectivity index (χ1v) is 7.91. The summed E-state index contributed by atoms with van der Waals surface area (Å²) in [5.41, 5.74) is 5.77. The summed E-state index contributed by atoms with van der Waals surface area (Å²) < 4.78 is 27.0. The number of sulfonamides is 1. The van der Waals surface area contributed by atoms with E-state index in [1.807, 2.05) is 0 Å². The molecule has 0 heterocycles. The van der Waals surface area contributed by atoms with Crippen LogP contribution in [-0.2, 0) is 10.0 Å². The van der Waals surface area contributed by atoms with Gasteiger partial charge in [-0.2, -0.15) is 0 Å². The van der Waals surface area contributed by atoms with Gasteiger partial charge in [-0.05, 0) is 25.0 Å². The monoisotopic (exact) mass is 299 g/mol. The lowest BCUT2D eigenvalue weighted by Crippen LogP contribution is -2.49. The molecule has 3 N–H and O–H groups in total. The standard InChI is InChI=1S/C12H17N3O4S/c13-11-3-1-2-4-12(11)14-20(18,19)10-7-5-9(6-8-10)15(16)17/h5-8,11-12,14H,1-4,13H2/t11-,12-/m0/s1. The van der Waals surface area contributed by atoms with Gasteiger partial charge >= 0.3 is 0 Å². The average molecular weight is 299 g/mol. The van der Waals surface area contributed by atoms with Crippen LogP contribution in [0.5, 0.6) is 0 Å². The molecule has 1 saturated carbocycles. The molecule has 0 spiro atoms. The zero-order valence-corrected chi connectivity index (χ0v) is 11.7. The summed E-state index contributed by atoms with van der Waals surface area (Å²) >= 11 is 0. The van der Waals surface area contributed by atoms with Crippen molar-refractivity contribution in [1.82, 2.24) is 4.72 Å². The zero-order chi connectivity index (χ0) is 14.8. The van der Waals surface area contributed by atoms with Gasteiger partial charge in [0.15, 0.2) is 0 Å². The molecule has 0 radical (unpaired) electrons. The normalized spacial score (nSPS) is 23.4. The number of non-ortho nitro benzene ring substituents is 1. The first-order valence-electron chi connectivity index (χ1n) is 6.42. The van der Waals surface area contributed by atoms with E-state index in [1.165, 1.54) is 24.3 Å². The fraction of sp³-hybridized carbons (Fsp3) is 0.500. The van der Waals surface area contributed by atoms with Gasteiger partial charge in [0.05, 0.1) is 9.82 Å². The highest BCUT2D eigenvalue weighted by Crippen LogP contribution is 2.20. The minimum absolute atomic E-state index is 0.0147. The van der Waals surface area contributed by atoms with Gasteiger partial charge in [0, 0.05) is 24.2 Å². The number of nitro benzene ring substituents is 1. The van der Waals surface area contributed by atoms with Gasteiger partial charge in [-0.1, -0.05) is 12.8 Å². The van der Waals surface area contributed by atoms with Crippen LogP contribution in [-0.4, -0.2) is 25.4 Å². The molecule has 20 heavy (non-hydrogen) atoms. The Morgan fingerprint density at radius 1 is 1.20 bits per heavy atom. The number of nitrogens with one attached hydrogen (secondary N) is 1. The molecule has 1 aliphatic rings. The van der Waals surface area contributed by atoms with Crippen LogP contribution in [0.1, 0.15) is 25.7 Å². The van der Waals surface area contributed by atoms with E-state index in [2.05, 4.69) is 4.72 Å². The van der Waals surface area contributed by atoms with Crippen LogP contribution in [0.2, 0.25) is 0 Å². The molecule has 110 valence electrons. The predicted octanol–water partition coefficient (Wildman–Crippen LogP) is 1.14. The van der Waals surface area contributed by atoms with E-state index in [0.29, 0.717) is 6.42 Å². The molecule has 1 aromatic rings. The van der Waals surface area contributed by atoms with Crippen molar-refractivity contribution >= 4 is 15.7 Å². The number of nitrogens with two attached hydrogens (primary N) is 1. The van der Waals surface area contributed by atoms with Crippen LogP contribution >= 0.6 is 0 Å². The van der Waals surface area contributed by atoms with Gasteiger partial charge in [0.25, 0.3) is 5.69 Å². The van der Waals surface area contributed by atoms with Crippen LogP contribution in [0.3, 0.4) is 0 Å². The van der Waals surface area contributed by atoms with Gasteiger partial charge in [-0.15, -0.1) is 0 Å². The summed E-state index contributed by atoms with van der Waals surface area (Å²) in [5, 5.41) is 10.5. The first-order chi connectivity index (χ1) is 9.40. The smallest absolute Gasteiger partial charge is 0.269 e. The van der Waals surface area contributed by atoms with Crippen LogP contribution < -0.4 is 10.5 Å². The second kappa shape index (κ2) is 5.86. The van der Waals surface area contributed by atoms with Crippen molar-refractivity contribution in [3.05, 3.63) is 34.4 Å². The molecule has 0 aromatic heterocycles. The molecule has 0 bridgehead atoms. The van der Waals surface area contributed by atoms with Crippen LogP contribution in [0.4, 0.5) is 5.69 Å². The van der Waals surface area contributed by atoms with E-state index in [9.17, 15) is 18.5 Å². The van der Waals surface area contributed by atoms with Crippen molar-refractivity contribution in [1.29, 1.82) is 0 Å². The lowest BCUT2D eigenvalue weighted by atomic mass is 9.92. The SMILES string of the molecule is N[C@H]1CCCC[C@@H]1NS(=O)(=O)c1ccc([N+](=O)[O-])cc1. The summed E-state index contributed by atoms with van der Waals surface area (Å²) in [6, 6.07) is 4.36. The molecule has 0 aliphatic heterocycles. The minimum atomic E-state index is -3.69.